The molecule has 0 aromatic carbocycles. The number of carbonyl (C=O) groups excluding carboxylic acids is 1. The van der Waals surface area contributed by atoms with Crippen LogP contribution in [0.2, 0.25) is 0 Å². The van der Waals surface area contributed by atoms with E-state index < -0.39 is 5.60 Å². The summed E-state index contributed by atoms with van der Waals surface area (Å²) >= 11 is 0. The molecular weight excluding hydrogens is 140 g/mol. The van der Waals surface area contributed by atoms with Crippen LogP contribution in [-0.4, -0.2) is 16.5 Å². The fourth-order valence-electron chi connectivity index (χ4n) is 1.55. The Morgan fingerprint density at radius 1 is 1.73 bits per heavy atom. The van der Waals surface area contributed by atoms with Crippen molar-refractivity contribution in [3.8, 4) is 0 Å². The van der Waals surface area contributed by atoms with Gasteiger partial charge in [0, 0.05) is 6.42 Å². The maximum absolute atomic E-state index is 10.9. The summed E-state index contributed by atoms with van der Waals surface area (Å²) in [5.41, 5.74) is 0.00981. The molecule has 1 aliphatic rings. The van der Waals surface area contributed by atoms with Gasteiger partial charge < -0.3 is 5.11 Å². The van der Waals surface area contributed by atoms with Crippen LogP contribution in [0.4, 0.5) is 0 Å². The minimum Gasteiger partial charge on any atom is -0.385 e. The Bertz CT molecular complexity index is 206. The maximum Gasteiger partial charge on any atom is 0.158 e. The normalized spacial score (nSPS) is 30.8. The molecule has 1 aliphatic carbocycles. The zero-order valence-electron chi connectivity index (χ0n) is 7.05. The van der Waals surface area contributed by atoms with Crippen molar-refractivity contribution in [3.05, 3.63) is 11.6 Å². The molecule has 1 N–H and O–H groups in total. The van der Waals surface area contributed by atoms with Gasteiger partial charge in [-0.15, -0.1) is 0 Å². The van der Waals surface area contributed by atoms with Crippen molar-refractivity contribution >= 4 is 5.78 Å². The van der Waals surface area contributed by atoms with Crippen LogP contribution in [0.3, 0.4) is 0 Å². The minimum atomic E-state index is -0.814. The highest BCUT2D eigenvalue weighted by Crippen LogP contribution is 2.31. The predicted octanol–water partition coefficient (Wildman–Crippen LogP) is 1.44. The molecule has 0 bridgehead atoms. The molecule has 0 saturated heterocycles. The zero-order valence-corrected chi connectivity index (χ0v) is 7.05. The predicted molar refractivity (Wildman–Crippen MR) is 43.2 cm³/mol. The van der Waals surface area contributed by atoms with E-state index in [2.05, 4.69) is 0 Å². The van der Waals surface area contributed by atoms with Crippen LogP contribution in [0, 0.1) is 0 Å². The third-order valence-electron chi connectivity index (χ3n) is 2.24. The third-order valence-corrected chi connectivity index (χ3v) is 2.24. The van der Waals surface area contributed by atoms with Gasteiger partial charge >= 0.3 is 0 Å². The second kappa shape index (κ2) is 2.78. The number of aliphatic hydroxyl groups is 1. The molecule has 11 heavy (non-hydrogen) atoms. The van der Waals surface area contributed by atoms with Gasteiger partial charge in [-0.2, -0.15) is 0 Å². The molecule has 0 heterocycles. The summed E-state index contributed by atoms with van der Waals surface area (Å²) < 4.78 is 0. The van der Waals surface area contributed by atoms with Crippen molar-refractivity contribution in [1.82, 2.24) is 0 Å². The molecule has 1 unspecified atom stereocenters. The molecule has 1 rings (SSSR count). The van der Waals surface area contributed by atoms with Crippen LogP contribution < -0.4 is 0 Å². The first-order valence-electron chi connectivity index (χ1n) is 4.02. The number of carbonyl (C=O) groups is 1. The van der Waals surface area contributed by atoms with E-state index in [4.69, 9.17) is 0 Å². The van der Waals surface area contributed by atoms with Crippen molar-refractivity contribution in [1.29, 1.82) is 0 Å². The van der Waals surface area contributed by atoms with Gasteiger partial charge in [0.25, 0.3) is 0 Å². The van der Waals surface area contributed by atoms with E-state index in [9.17, 15) is 9.90 Å². The topological polar surface area (TPSA) is 37.3 Å². The summed E-state index contributed by atoms with van der Waals surface area (Å²) in [4.78, 5) is 10.9. The van der Waals surface area contributed by atoms with Crippen LogP contribution in [0.5, 0.6) is 0 Å². The van der Waals surface area contributed by atoms with Gasteiger partial charge in [-0.3, -0.25) is 4.79 Å². The number of rotatable bonds is 2. The highest BCUT2D eigenvalue weighted by atomic mass is 16.3. The van der Waals surface area contributed by atoms with Crippen molar-refractivity contribution < 1.29 is 9.90 Å². The van der Waals surface area contributed by atoms with Crippen LogP contribution >= 0.6 is 0 Å². The van der Waals surface area contributed by atoms with E-state index in [0.29, 0.717) is 6.42 Å². The summed E-state index contributed by atoms with van der Waals surface area (Å²) in [5, 5.41) is 9.84. The summed E-state index contributed by atoms with van der Waals surface area (Å²) in [6.45, 7) is 3.83. The van der Waals surface area contributed by atoms with Gasteiger partial charge in [0.15, 0.2) is 5.78 Å². The van der Waals surface area contributed by atoms with Gasteiger partial charge in [-0.1, -0.05) is 13.3 Å². The molecule has 1 atom stereocenters. The molecule has 0 radical (unpaired) electrons. The van der Waals surface area contributed by atoms with Gasteiger partial charge in [-0.25, -0.2) is 0 Å². The largest absolute Gasteiger partial charge is 0.385 e. The lowest BCUT2D eigenvalue weighted by Gasteiger charge is -2.22. The lowest BCUT2D eigenvalue weighted by molar-refractivity contribution is -0.116. The van der Waals surface area contributed by atoms with Crippen molar-refractivity contribution in [2.45, 2.75) is 38.7 Å². The first kappa shape index (κ1) is 8.47. The first-order valence-corrected chi connectivity index (χ1v) is 4.02. The molecule has 2 nitrogen and oxygen atoms in total. The van der Waals surface area contributed by atoms with Gasteiger partial charge in [0.1, 0.15) is 0 Å². The summed E-state index contributed by atoms with van der Waals surface area (Å²) in [6, 6.07) is 0. The zero-order chi connectivity index (χ0) is 8.48. The van der Waals surface area contributed by atoms with Crippen LogP contribution in [0.1, 0.15) is 33.1 Å². The standard InChI is InChI=1S/C9H14O2/c1-3-4-9(11)6-8(10)5-7(9)2/h5,11H,3-4,6H2,1-2H3. The molecule has 0 amide bonds. The van der Waals surface area contributed by atoms with E-state index in [1.54, 1.807) is 6.08 Å². The molecule has 0 aromatic heterocycles. The van der Waals surface area contributed by atoms with E-state index in [-0.39, 0.29) is 12.2 Å². The van der Waals surface area contributed by atoms with Gasteiger partial charge in [0.05, 0.1) is 5.60 Å². The second-order valence-electron chi connectivity index (χ2n) is 3.25. The number of hydrogen-bond donors (Lipinski definition) is 1. The summed E-state index contributed by atoms with van der Waals surface area (Å²) in [7, 11) is 0. The van der Waals surface area contributed by atoms with Crippen molar-refractivity contribution in [2.75, 3.05) is 0 Å². The van der Waals surface area contributed by atoms with Crippen LogP contribution in [-0.2, 0) is 4.79 Å². The molecule has 0 fully saturated rings. The Labute approximate surface area is 66.9 Å². The third kappa shape index (κ3) is 1.51. The first-order chi connectivity index (χ1) is 5.08. The summed E-state index contributed by atoms with van der Waals surface area (Å²) in [5.74, 6) is 0.0541. The quantitative estimate of drug-likeness (QED) is 0.653. The molecular formula is C9H14O2. The Morgan fingerprint density at radius 2 is 2.36 bits per heavy atom. The fraction of sp³-hybridized carbons (Fsp3) is 0.667. The van der Waals surface area contributed by atoms with Crippen LogP contribution in [0.15, 0.2) is 11.6 Å². The molecule has 0 spiro atoms. The van der Waals surface area contributed by atoms with Crippen molar-refractivity contribution in [2.24, 2.45) is 0 Å². The van der Waals surface area contributed by atoms with E-state index in [1.165, 1.54) is 0 Å². The van der Waals surface area contributed by atoms with Crippen molar-refractivity contribution in [3.63, 3.8) is 0 Å². The fourth-order valence-corrected chi connectivity index (χ4v) is 1.55. The second-order valence-corrected chi connectivity index (χ2v) is 3.25. The van der Waals surface area contributed by atoms with E-state index >= 15 is 0 Å². The average molecular weight is 154 g/mol. The average Bonchev–Trinajstić information content (AvgIpc) is 2.08. The van der Waals surface area contributed by atoms with E-state index in [1.807, 2.05) is 13.8 Å². The van der Waals surface area contributed by atoms with Gasteiger partial charge in [0.2, 0.25) is 0 Å². The molecule has 62 valence electrons. The molecule has 0 aliphatic heterocycles. The lowest BCUT2D eigenvalue weighted by Crippen LogP contribution is -2.27. The molecule has 0 saturated carbocycles. The maximum atomic E-state index is 10.9. The minimum absolute atomic E-state index is 0.0541. The number of ketones is 1. The highest BCUT2D eigenvalue weighted by molar-refractivity contribution is 5.94. The number of allylic oxidation sites excluding steroid dienone is 1. The highest BCUT2D eigenvalue weighted by Gasteiger charge is 2.35. The van der Waals surface area contributed by atoms with Crippen LogP contribution in [0.25, 0.3) is 0 Å². The smallest absolute Gasteiger partial charge is 0.158 e. The Kier molecular flexibility index (Phi) is 2.14. The molecule has 2 heteroatoms. The lowest BCUT2D eigenvalue weighted by atomic mass is 9.92. The summed E-state index contributed by atoms with van der Waals surface area (Å²) in [6.07, 6.45) is 3.44. The SMILES string of the molecule is CCCC1(O)CC(=O)C=C1C. The Balaban J connectivity index is 2.74. The number of hydrogen-bond acceptors (Lipinski definition) is 2. The Hall–Kier alpha value is -0.630. The van der Waals surface area contributed by atoms with E-state index in [0.717, 1.165) is 12.0 Å². The monoisotopic (exact) mass is 154 g/mol. The molecule has 0 aromatic rings. The Morgan fingerprint density at radius 3 is 2.73 bits per heavy atom. The van der Waals surface area contributed by atoms with Gasteiger partial charge in [-0.05, 0) is 25.0 Å².